The van der Waals surface area contributed by atoms with Gasteiger partial charge in [0, 0.05) is 16.1 Å². The first-order chi connectivity index (χ1) is 11.8. The van der Waals surface area contributed by atoms with Gasteiger partial charge in [-0.15, -0.1) is 0 Å². The van der Waals surface area contributed by atoms with Gasteiger partial charge in [0.15, 0.2) is 0 Å². The van der Waals surface area contributed by atoms with Gasteiger partial charge < -0.3 is 0 Å². The molecule has 3 N–H and O–H groups in total. The summed E-state index contributed by atoms with van der Waals surface area (Å²) < 4.78 is 50.5. The van der Waals surface area contributed by atoms with Crippen LogP contribution in [0.5, 0.6) is 0 Å². The second-order valence-electron chi connectivity index (χ2n) is 5.21. The number of nitrogens with two attached hydrogens (primary N) is 1. The van der Waals surface area contributed by atoms with Gasteiger partial charge in [0.2, 0.25) is 10.0 Å². The molecule has 0 bridgehead atoms. The molecule has 0 saturated heterocycles. The zero-order valence-corrected chi connectivity index (χ0v) is 14.2. The van der Waals surface area contributed by atoms with E-state index >= 15 is 0 Å². The lowest BCUT2D eigenvalue weighted by atomic mass is 9.99. The molecule has 0 aliphatic carbocycles. The van der Waals surface area contributed by atoms with Gasteiger partial charge >= 0.3 is 0 Å². The molecule has 0 fully saturated rings. The van der Waals surface area contributed by atoms with Crippen molar-refractivity contribution in [3.8, 4) is 22.4 Å². The molecule has 0 unspecified atom stereocenters. The maximum Gasteiger partial charge on any atom is 0.280 e. The second-order valence-corrected chi connectivity index (χ2v) is 7.18. The van der Waals surface area contributed by atoms with Crippen molar-refractivity contribution >= 4 is 21.6 Å². The fraction of sp³-hybridized carbons (Fsp3) is 0.0625. The molecule has 130 valence electrons. The Kier molecular flexibility index (Phi) is 4.59. The minimum Gasteiger partial charge on any atom is -0.275 e. The molecule has 2 aromatic carbocycles. The topological polar surface area (TPSA) is 88.8 Å². The Labute approximate surface area is 147 Å². The highest BCUT2D eigenvalue weighted by atomic mass is 35.5. The van der Waals surface area contributed by atoms with Crippen LogP contribution in [0, 0.1) is 0 Å². The number of halogens is 3. The lowest BCUT2D eigenvalue weighted by molar-refractivity contribution is 0.146. The average Bonchev–Trinajstić information content (AvgIpc) is 3.00. The third-order valence-electron chi connectivity index (χ3n) is 3.59. The van der Waals surface area contributed by atoms with E-state index in [0.29, 0.717) is 10.6 Å². The van der Waals surface area contributed by atoms with Crippen molar-refractivity contribution in [3.05, 3.63) is 59.2 Å². The summed E-state index contributed by atoms with van der Waals surface area (Å²) >= 11 is 5.85. The quantitative estimate of drug-likeness (QED) is 0.714. The van der Waals surface area contributed by atoms with Crippen molar-refractivity contribution in [3.63, 3.8) is 0 Å². The zero-order valence-electron chi connectivity index (χ0n) is 12.6. The van der Waals surface area contributed by atoms with Crippen LogP contribution in [0.4, 0.5) is 8.78 Å². The van der Waals surface area contributed by atoms with E-state index in [2.05, 4.69) is 10.2 Å². The molecule has 0 amide bonds. The normalized spacial score (nSPS) is 11.9. The van der Waals surface area contributed by atoms with Crippen LogP contribution < -0.4 is 5.14 Å². The van der Waals surface area contributed by atoms with Crippen molar-refractivity contribution in [2.75, 3.05) is 0 Å². The Morgan fingerprint density at radius 2 is 1.72 bits per heavy atom. The minimum atomic E-state index is -4.06. The van der Waals surface area contributed by atoms with Gasteiger partial charge in [-0.3, -0.25) is 5.10 Å². The van der Waals surface area contributed by atoms with Crippen molar-refractivity contribution in [1.29, 1.82) is 0 Å². The summed E-state index contributed by atoms with van der Waals surface area (Å²) in [6, 6.07) is 12.0. The molecule has 25 heavy (non-hydrogen) atoms. The van der Waals surface area contributed by atoms with Gasteiger partial charge in [0.25, 0.3) is 6.43 Å². The number of nitrogens with zero attached hydrogens (tertiary/aromatic N) is 1. The Morgan fingerprint density at radius 3 is 2.32 bits per heavy atom. The SMILES string of the molecule is NS(=O)(=O)c1ccccc1-c1n[nH]c(C(F)F)c1-c1ccc(Cl)cc1. The molecule has 3 rings (SSSR count). The van der Waals surface area contributed by atoms with E-state index in [4.69, 9.17) is 16.7 Å². The first-order valence-electron chi connectivity index (χ1n) is 7.03. The summed E-state index contributed by atoms with van der Waals surface area (Å²) in [4.78, 5) is -0.197. The highest BCUT2D eigenvalue weighted by molar-refractivity contribution is 7.89. The first-order valence-corrected chi connectivity index (χ1v) is 8.96. The van der Waals surface area contributed by atoms with Crippen LogP contribution in [0.3, 0.4) is 0 Å². The van der Waals surface area contributed by atoms with Crippen molar-refractivity contribution < 1.29 is 17.2 Å². The maximum absolute atomic E-state index is 13.4. The Morgan fingerprint density at radius 1 is 1.08 bits per heavy atom. The van der Waals surface area contributed by atoms with E-state index in [1.807, 2.05) is 0 Å². The molecule has 1 aromatic heterocycles. The molecule has 0 radical (unpaired) electrons. The molecule has 0 saturated carbocycles. The van der Waals surface area contributed by atoms with Crippen LogP contribution in [0.15, 0.2) is 53.4 Å². The van der Waals surface area contributed by atoms with Crippen LogP contribution in [-0.2, 0) is 10.0 Å². The summed E-state index contributed by atoms with van der Waals surface area (Å²) in [7, 11) is -4.06. The average molecular weight is 384 g/mol. The van der Waals surface area contributed by atoms with Crippen molar-refractivity contribution in [2.24, 2.45) is 5.14 Å². The van der Waals surface area contributed by atoms with E-state index in [9.17, 15) is 17.2 Å². The van der Waals surface area contributed by atoms with E-state index in [1.165, 1.54) is 18.2 Å². The summed E-state index contributed by atoms with van der Waals surface area (Å²) in [5.74, 6) is 0. The number of rotatable bonds is 4. The number of hydrogen-bond donors (Lipinski definition) is 2. The first kappa shape index (κ1) is 17.5. The zero-order chi connectivity index (χ0) is 18.2. The molecule has 0 aliphatic rings. The van der Waals surface area contributed by atoms with Gasteiger partial charge in [-0.25, -0.2) is 22.3 Å². The lowest BCUT2D eigenvalue weighted by Gasteiger charge is -2.09. The number of sulfonamides is 1. The fourth-order valence-electron chi connectivity index (χ4n) is 2.53. The number of primary sulfonamides is 1. The third kappa shape index (κ3) is 3.41. The van der Waals surface area contributed by atoms with Gasteiger partial charge in [0.1, 0.15) is 11.4 Å². The molecule has 0 aliphatic heterocycles. The van der Waals surface area contributed by atoms with Crippen LogP contribution >= 0.6 is 11.6 Å². The number of H-pyrrole nitrogens is 1. The Bertz CT molecular complexity index is 1020. The Balaban J connectivity index is 2.31. The van der Waals surface area contributed by atoms with Crippen molar-refractivity contribution in [2.45, 2.75) is 11.3 Å². The van der Waals surface area contributed by atoms with Crippen LogP contribution in [0.25, 0.3) is 22.4 Å². The third-order valence-corrected chi connectivity index (χ3v) is 4.82. The molecule has 0 spiro atoms. The van der Waals surface area contributed by atoms with E-state index in [-0.39, 0.29) is 21.7 Å². The molecule has 9 heteroatoms. The lowest BCUT2D eigenvalue weighted by Crippen LogP contribution is -2.13. The van der Waals surface area contributed by atoms with Gasteiger partial charge in [-0.2, -0.15) is 5.10 Å². The molecular weight excluding hydrogens is 372 g/mol. The number of aromatic amines is 1. The Hall–Kier alpha value is -2.29. The molecule has 3 aromatic rings. The molecule has 5 nitrogen and oxygen atoms in total. The second kappa shape index (κ2) is 6.55. The number of nitrogens with one attached hydrogen (secondary N) is 1. The number of hydrogen-bond acceptors (Lipinski definition) is 3. The number of benzene rings is 2. The summed E-state index contributed by atoms with van der Waals surface area (Å²) in [6.07, 6.45) is -2.83. The van der Waals surface area contributed by atoms with E-state index in [1.54, 1.807) is 30.3 Å². The monoisotopic (exact) mass is 383 g/mol. The smallest absolute Gasteiger partial charge is 0.275 e. The van der Waals surface area contributed by atoms with Crippen molar-refractivity contribution in [1.82, 2.24) is 10.2 Å². The number of aromatic nitrogens is 2. The highest BCUT2D eigenvalue weighted by Gasteiger charge is 2.25. The van der Waals surface area contributed by atoms with E-state index in [0.717, 1.165) is 0 Å². The summed E-state index contributed by atoms with van der Waals surface area (Å²) in [5, 5.41) is 11.9. The van der Waals surface area contributed by atoms with Gasteiger partial charge in [0.05, 0.1) is 4.90 Å². The predicted octanol–water partition coefficient (Wildman–Crippen LogP) is 3.98. The fourth-order valence-corrected chi connectivity index (χ4v) is 3.39. The molecule has 0 atom stereocenters. The predicted molar refractivity (Wildman–Crippen MR) is 90.8 cm³/mol. The highest BCUT2D eigenvalue weighted by Crippen LogP contribution is 2.39. The van der Waals surface area contributed by atoms with Crippen LogP contribution in [-0.4, -0.2) is 18.6 Å². The molecular formula is C16H12ClF2N3O2S. The van der Waals surface area contributed by atoms with Crippen LogP contribution in [0.1, 0.15) is 12.1 Å². The largest absolute Gasteiger partial charge is 0.280 e. The van der Waals surface area contributed by atoms with E-state index < -0.39 is 22.1 Å². The molecule has 1 heterocycles. The summed E-state index contributed by atoms with van der Waals surface area (Å²) in [5.41, 5.74) is 0.317. The minimum absolute atomic E-state index is 0.0715. The van der Waals surface area contributed by atoms with Crippen LogP contribution in [0.2, 0.25) is 5.02 Å². The summed E-state index contributed by atoms with van der Waals surface area (Å²) in [6.45, 7) is 0. The standard InChI is InChI=1S/C16H12ClF2N3O2S/c17-10-7-5-9(6-8-10)13-14(21-22-15(13)16(18)19)11-3-1-2-4-12(11)25(20,23)24/h1-8,16H,(H,21,22)(H2,20,23,24). The number of alkyl halides is 2. The van der Waals surface area contributed by atoms with Gasteiger partial charge in [-0.1, -0.05) is 41.9 Å². The maximum atomic E-state index is 13.4. The van der Waals surface area contributed by atoms with Gasteiger partial charge in [-0.05, 0) is 23.8 Å².